The molecule has 0 saturated carbocycles. The van der Waals surface area contributed by atoms with E-state index >= 15 is 0 Å². The Morgan fingerprint density at radius 2 is 1.58 bits per heavy atom. The maximum absolute atomic E-state index is 15.0. The van der Waals surface area contributed by atoms with Gasteiger partial charge in [0.1, 0.15) is 16.6 Å². The first-order valence-corrected chi connectivity index (χ1v) is 23.0. The number of amides is 6. The fraction of sp³-hybridized carbons (Fsp3) is 0.279. The number of esters is 3. The number of aromatic nitrogens is 2. The van der Waals surface area contributed by atoms with Gasteiger partial charge in [0.15, 0.2) is 28.0 Å². The van der Waals surface area contributed by atoms with E-state index in [1.54, 1.807) is 61.0 Å². The van der Waals surface area contributed by atoms with E-state index in [9.17, 15) is 43.2 Å². The number of nitrogens with zero attached hydrogens (tertiary/aromatic N) is 6. The number of carbonyl (C=O) groups excluding carboxylic acids is 9. The van der Waals surface area contributed by atoms with Crippen molar-refractivity contribution in [3.63, 3.8) is 0 Å². The van der Waals surface area contributed by atoms with Crippen LogP contribution in [-0.2, 0) is 47.9 Å². The number of piperazine rings is 1. The van der Waals surface area contributed by atoms with E-state index in [4.69, 9.17) is 14.2 Å². The molecule has 2 saturated heterocycles. The summed E-state index contributed by atoms with van der Waals surface area (Å²) in [6.07, 6.45) is -0.606. The quantitative estimate of drug-likeness (QED) is 0.0277. The zero-order chi connectivity index (χ0) is 47.1. The lowest BCUT2D eigenvalue weighted by atomic mass is 9.93. The third-order valence-corrected chi connectivity index (χ3v) is 13.8. The van der Waals surface area contributed by atoms with Crippen molar-refractivity contribution in [3.05, 3.63) is 112 Å². The van der Waals surface area contributed by atoms with Gasteiger partial charge in [0.25, 0.3) is 11.8 Å². The number of hydrogen-bond acceptors (Lipinski definition) is 17. The van der Waals surface area contributed by atoms with E-state index in [0.29, 0.717) is 26.0 Å². The molecule has 66 heavy (non-hydrogen) atoms. The highest BCUT2D eigenvalue weighted by molar-refractivity contribution is 8.01. The van der Waals surface area contributed by atoms with Crippen molar-refractivity contribution in [1.29, 1.82) is 0 Å². The van der Waals surface area contributed by atoms with E-state index < -0.39 is 64.7 Å². The molecule has 3 aliphatic rings. The largest absolute Gasteiger partial charge is 0.448 e. The molecule has 3 atom stereocenters. The molecule has 1 unspecified atom stereocenters. The van der Waals surface area contributed by atoms with Crippen LogP contribution in [-0.4, -0.2) is 127 Å². The van der Waals surface area contributed by atoms with Gasteiger partial charge in [0.05, 0.1) is 6.54 Å². The normalized spacial score (nSPS) is 18.5. The zero-order valence-electron chi connectivity index (χ0n) is 35.3. The Kier molecular flexibility index (Phi) is 14.5. The van der Waals surface area contributed by atoms with Crippen molar-refractivity contribution in [2.75, 3.05) is 31.1 Å². The molecule has 4 aromatic rings. The van der Waals surface area contributed by atoms with Crippen LogP contribution in [0.4, 0.5) is 0 Å². The van der Waals surface area contributed by atoms with Gasteiger partial charge in [0.2, 0.25) is 18.5 Å². The Morgan fingerprint density at radius 1 is 0.909 bits per heavy atom. The number of hydrogen-bond donors (Lipinski definition) is 2. The molecule has 20 nitrogen and oxygen atoms in total. The van der Waals surface area contributed by atoms with Crippen molar-refractivity contribution >= 4 is 89.2 Å². The summed E-state index contributed by atoms with van der Waals surface area (Å²) in [6, 6.07) is 19.6. The number of fused-ring (bicyclic) bond motifs is 1. The highest BCUT2D eigenvalue weighted by atomic mass is 32.2. The van der Waals surface area contributed by atoms with Crippen LogP contribution in [0.3, 0.4) is 0 Å². The maximum Gasteiger partial charge on any atom is 0.356 e. The average Bonchev–Trinajstić information content (AvgIpc) is 3.84. The number of ether oxygens (including phenoxy) is 3. The average molecular weight is 957 g/mol. The lowest BCUT2D eigenvalue weighted by Crippen LogP contribution is -2.85. The van der Waals surface area contributed by atoms with Gasteiger partial charge in [-0.3, -0.25) is 43.3 Å². The number of hydrazine groups is 1. The molecule has 0 bridgehead atoms. The van der Waals surface area contributed by atoms with Crippen LogP contribution >= 0.6 is 34.9 Å². The molecule has 0 aliphatic carbocycles. The van der Waals surface area contributed by atoms with Crippen LogP contribution in [0.1, 0.15) is 49.6 Å². The summed E-state index contributed by atoms with van der Waals surface area (Å²) < 4.78 is 17.3. The molecule has 23 heteroatoms. The monoisotopic (exact) mass is 956 g/mol. The summed E-state index contributed by atoms with van der Waals surface area (Å²) in [5.74, 6) is -7.10. The Labute approximate surface area is 388 Å². The van der Waals surface area contributed by atoms with Gasteiger partial charge in [-0.15, -0.1) is 22.0 Å². The third-order valence-electron chi connectivity index (χ3n) is 10.5. The van der Waals surface area contributed by atoms with E-state index in [1.807, 2.05) is 12.1 Å². The standard InChI is InChI=1S/C43H40N8O12S3/c1-4-48-17-18-49(38(58)37(48)57)50(24-53)33(29-15-16-31(61-25(2)54)32(19-29)62-26(3)55)36(56)46-43(44-22-52)40(60)51-34(30(20-64-41(43)51)21-65-42-47-45-23-66-42)39(59)63-35(27-11-7-5-8-12-27)28-13-9-6-10-14-28/h5-16,19,22-24,33,35,41H,4,17-18,20-21H2,1-3H3,(H,44,52)(H,46,56)/t33?,41-,43+/m0/s1. The second-order valence-electron chi connectivity index (χ2n) is 14.5. The topological polar surface area (TPSA) is 244 Å². The second-order valence-corrected chi connectivity index (χ2v) is 17.7. The second kappa shape index (κ2) is 20.4. The molecule has 3 aliphatic heterocycles. The number of nitrogens with one attached hydrogen (secondary N) is 2. The number of benzene rings is 3. The highest BCUT2D eigenvalue weighted by Crippen LogP contribution is 2.47. The van der Waals surface area contributed by atoms with Gasteiger partial charge in [-0.25, -0.2) is 14.8 Å². The first-order valence-electron chi connectivity index (χ1n) is 20.1. The molecule has 4 heterocycles. The number of carbonyl (C=O) groups is 9. The molecule has 6 amide bonds. The summed E-state index contributed by atoms with van der Waals surface area (Å²) >= 11 is 3.66. The molecular weight excluding hydrogens is 917 g/mol. The van der Waals surface area contributed by atoms with Crippen LogP contribution in [0, 0.1) is 0 Å². The van der Waals surface area contributed by atoms with Gasteiger partial charge in [-0.1, -0.05) is 89.8 Å². The van der Waals surface area contributed by atoms with Crippen molar-refractivity contribution in [2.24, 2.45) is 0 Å². The Morgan fingerprint density at radius 3 is 2.17 bits per heavy atom. The van der Waals surface area contributed by atoms with Crippen LogP contribution in [0.25, 0.3) is 0 Å². The number of likely N-dealkylation sites (N-methyl/N-ethyl adjacent to an activating group) is 1. The zero-order valence-corrected chi connectivity index (χ0v) is 37.8. The lowest BCUT2D eigenvalue weighted by molar-refractivity contribution is -0.178. The van der Waals surface area contributed by atoms with Crippen molar-refractivity contribution in [2.45, 2.75) is 48.3 Å². The first kappa shape index (κ1) is 46.9. The fourth-order valence-electron chi connectivity index (χ4n) is 7.52. The summed E-state index contributed by atoms with van der Waals surface area (Å²) in [5.41, 5.74) is 0.740. The first-order chi connectivity index (χ1) is 31.8. The van der Waals surface area contributed by atoms with Crippen molar-refractivity contribution < 1.29 is 57.4 Å². The maximum atomic E-state index is 15.0. The smallest absolute Gasteiger partial charge is 0.356 e. The predicted octanol–water partition coefficient (Wildman–Crippen LogP) is 2.35. The SMILES string of the molecule is CCN1CCN(N(C=O)C(C(=O)N[C@]2(NC=O)C(=O)N3C(C(=O)OC(c4ccccc4)c4ccccc4)=C(CSc4nncs4)CS[C@H]32)c2ccc(OC(C)=O)c(OC(C)=O)c2)C(=O)C1=O. The molecule has 0 radical (unpaired) electrons. The predicted molar refractivity (Wildman–Crippen MR) is 235 cm³/mol. The number of thioether (sulfide) groups is 2. The highest BCUT2D eigenvalue weighted by Gasteiger charge is 2.66. The van der Waals surface area contributed by atoms with Gasteiger partial charge >= 0.3 is 29.7 Å². The summed E-state index contributed by atoms with van der Waals surface area (Å²) in [6.45, 7) is 3.73. The molecule has 0 spiro atoms. The summed E-state index contributed by atoms with van der Waals surface area (Å²) in [5, 5.41) is 13.2. The van der Waals surface area contributed by atoms with E-state index in [-0.39, 0.29) is 66.7 Å². The Balaban J connectivity index is 1.28. The minimum Gasteiger partial charge on any atom is -0.448 e. The van der Waals surface area contributed by atoms with E-state index in [1.165, 1.54) is 40.1 Å². The molecule has 1 aromatic heterocycles. The van der Waals surface area contributed by atoms with Gasteiger partial charge < -0.3 is 29.7 Å². The van der Waals surface area contributed by atoms with Gasteiger partial charge in [0, 0.05) is 38.4 Å². The molecule has 2 N–H and O–H groups in total. The minimum atomic E-state index is -2.28. The lowest BCUT2D eigenvalue weighted by Gasteiger charge is -2.57. The number of rotatable bonds is 18. The molecule has 7 rings (SSSR count). The fourth-order valence-corrected chi connectivity index (χ4v) is 10.6. The molecule has 3 aromatic carbocycles. The number of β-lactam (4-membered cyclic amide) rings is 1. The van der Waals surface area contributed by atoms with Crippen LogP contribution in [0.15, 0.2) is 100.0 Å². The van der Waals surface area contributed by atoms with Crippen molar-refractivity contribution in [1.82, 2.24) is 40.6 Å². The summed E-state index contributed by atoms with van der Waals surface area (Å²) in [7, 11) is 0. The van der Waals surface area contributed by atoms with Crippen LogP contribution < -0.4 is 20.1 Å². The Hall–Kier alpha value is -7.11. The molecule has 342 valence electrons. The van der Waals surface area contributed by atoms with E-state index in [0.717, 1.165) is 41.6 Å². The van der Waals surface area contributed by atoms with E-state index in [2.05, 4.69) is 20.8 Å². The summed E-state index contributed by atoms with van der Waals surface area (Å²) in [4.78, 5) is 123. The van der Waals surface area contributed by atoms with Crippen molar-refractivity contribution in [3.8, 4) is 11.5 Å². The van der Waals surface area contributed by atoms with Gasteiger partial charge in [-0.2, -0.15) is 0 Å². The molecular formula is C43H40N8O12S3. The third kappa shape index (κ3) is 9.48. The van der Waals surface area contributed by atoms with Crippen LogP contribution in [0.2, 0.25) is 0 Å². The minimum absolute atomic E-state index is 0.0209. The Bertz CT molecular complexity index is 2550. The van der Waals surface area contributed by atoms with Gasteiger partial charge in [-0.05, 0) is 41.3 Å². The molecule has 2 fully saturated rings. The van der Waals surface area contributed by atoms with Crippen LogP contribution in [0.5, 0.6) is 11.5 Å².